The number of nitrogens with zero attached hydrogens (tertiary/aromatic N) is 1. The standard InChI is InChI=1S/C7H6N2S.BrH/c8-5-2-1-3-6-7(5)9-4-10-6;/h1-3,8H,4H2;1H. The SMILES string of the molecule is Br.N=C1C=CC=C2SCN=C12. The second kappa shape index (κ2) is 3.36. The van der Waals surface area contributed by atoms with E-state index in [-0.39, 0.29) is 17.0 Å². The van der Waals surface area contributed by atoms with E-state index in [1.54, 1.807) is 17.8 Å². The lowest BCUT2D eigenvalue weighted by Crippen LogP contribution is -2.10. The molecule has 2 nitrogen and oxygen atoms in total. The molecule has 0 amide bonds. The number of hydrogen-bond acceptors (Lipinski definition) is 3. The van der Waals surface area contributed by atoms with Gasteiger partial charge in [-0.15, -0.1) is 28.7 Å². The molecule has 11 heavy (non-hydrogen) atoms. The molecule has 4 heteroatoms. The van der Waals surface area contributed by atoms with Crippen LogP contribution in [0.25, 0.3) is 0 Å². The molecule has 0 spiro atoms. The van der Waals surface area contributed by atoms with Crippen LogP contribution in [0.4, 0.5) is 0 Å². The summed E-state index contributed by atoms with van der Waals surface area (Å²) in [4.78, 5) is 5.32. The molecule has 0 saturated carbocycles. The zero-order valence-electron chi connectivity index (χ0n) is 5.70. The normalized spacial score (nSPS) is 20.2. The van der Waals surface area contributed by atoms with Gasteiger partial charge in [0.1, 0.15) is 0 Å². The van der Waals surface area contributed by atoms with E-state index in [0.29, 0.717) is 5.71 Å². The van der Waals surface area contributed by atoms with Crippen molar-refractivity contribution in [3.63, 3.8) is 0 Å². The fraction of sp³-hybridized carbons (Fsp3) is 0.143. The van der Waals surface area contributed by atoms with Gasteiger partial charge in [-0.2, -0.15) is 0 Å². The Labute approximate surface area is 79.8 Å². The maximum atomic E-state index is 7.44. The van der Waals surface area contributed by atoms with Crippen LogP contribution in [0, 0.1) is 5.41 Å². The highest BCUT2D eigenvalue weighted by Gasteiger charge is 2.18. The molecule has 0 aromatic carbocycles. The summed E-state index contributed by atoms with van der Waals surface area (Å²) in [7, 11) is 0. The zero-order chi connectivity index (χ0) is 6.97. The van der Waals surface area contributed by atoms with Gasteiger partial charge < -0.3 is 0 Å². The van der Waals surface area contributed by atoms with Crippen molar-refractivity contribution in [3.8, 4) is 0 Å². The smallest absolute Gasteiger partial charge is 0.0970 e. The van der Waals surface area contributed by atoms with Crippen molar-refractivity contribution in [1.29, 1.82) is 5.41 Å². The van der Waals surface area contributed by atoms with Crippen molar-refractivity contribution in [3.05, 3.63) is 23.1 Å². The Bertz CT molecular complexity index is 278. The van der Waals surface area contributed by atoms with Crippen molar-refractivity contribution in [2.24, 2.45) is 4.99 Å². The van der Waals surface area contributed by atoms with E-state index in [1.165, 1.54) is 0 Å². The lowest BCUT2D eigenvalue weighted by atomic mass is 10.1. The number of nitrogens with one attached hydrogen (secondary N) is 1. The van der Waals surface area contributed by atoms with Crippen LogP contribution in [0.1, 0.15) is 0 Å². The van der Waals surface area contributed by atoms with Gasteiger partial charge in [0.2, 0.25) is 0 Å². The Kier molecular flexibility index (Phi) is 2.67. The van der Waals surface area contributed by atoms with Gasteiger partial charge in [-0.3, -0.25) is 10.4 Å². The van der Waals surface area contributed by atoms with Gasteiger partial charge in [-0.1, -0.05) is 6.08 Å². The number of thioether (sulfide) groups is 1. The Morgan fingerprint density at radius 3 is 3.09 bits per heavy atom. The fourth-order valence-corrected chi connectivity index (χ4v) is 1.79. The van der Waals surface area contributed by atoms with Crippen molar-refractivity contribution in [1.82, 2.24) is 0 Å². The number of rotatable bonds is 0. The molecule has 0 saturated heterocycles. The van der Waals surface area contributed by atoms with Crippen LogP contribution in [0.15, 0.2) is 28.1 Å². The summed E-state index contributed by atoms with van der Waals surface area (Å²) < 4.78 is 0. The van der Waals surface area contributed by atoms with E-state index in [0.717, 1.165) is 16.5 Å². The molecule has 0 bridgehead atoms. The Morgan fingerprint density at radius 2 is 2.36 bits per heavy atom. The molecule has 2 rings (SSSR count). The second-order valence-electron chi connectivity index (χ2n) is 2.08. The monoisotopic (exact) mass is 230 g/mol. The molecule has 1 aliphatic heterocycles. The summed E-state index contributed by atoms with van der Waals surface area (Å²) in [5, 5.41) is 7.44. The third-order valence-electron chi connectivity index (χ3n) is 1.44. The lowest BCUT2D eigenvalue weighted by molar-refractivity contribution is 1.41. The summed E-state index contributed by atoms with van der Waals surface area (Å²) in [6.45, 7) is 0. The third kappa shape index (κ3) is 1.46. The number of hydrogen-bond donors (Lipinski definition) is 1. The molecule has 58 valence electrons. The summed E-state index contributed by atoms with van der Waals surface area (Å²) >= 11 is 1.70. The molecule has 0 radical (unpaired) electrons. The Balaban J connectivity index is 0.000000605. The maximum Gasteiger partial charge on any atom is 0.0970 e. The van der Waals surface area contributed by atoms with Crippen LogP contribution in [0.3, 0.4) is 0 Å². The van der Waals surface area contributed by atoms with Crippen LogP contribution < -0.4 is 0 Å². The van der Waals surface area contributed by atoms with Crippen LogP contribution in [-0.4, -0.2) is 17.3 Å². The predicted octanol–water partition coefficient (Wildman–Crippen LogP) is 2.18. The van der Waals surface area contributed by atoms with Crippen LogP contribution in [-0.2, 0) is 0 Å². The molecule has 2 aliphatic rings. The Hall–Kier alpha value is -0.350. The van der Waals surface area contributed by atoms with E-state index in [9.17, 15) is 0 Å². The van der Waals surface area contributed by atoms with Crippen molar-refractivity contribution < 1.29 is 0 Å². The molecular formula is C7H7BrN2S. The zero-order valence-corrected chi connectivity index (χ0v) is 8.23. The van der Waals surface area contributed by atoms with E-state index >= 15 is 0 Å². The lowest BCUT2D eigenvalue weighted by Gasteiger charge is -2.02. The van der Waals surface area contributed by atoms with E-state index < -0.39 is 0 Å². The van der Waals surface area contributed by atoms with Crippen molar-refractivity contribution >= 4 is 40.2 Å². The average molecular weight is 231 g/mol. The average Bonchev–Trinajstić information content (AvgIpc) is 2.36. The van der Waals surface area contributed by atoms with Gasteiger partial charge in [0.25, 0.3) is 0 Å². The molecule has 1 N–H and O–H groups in total. The number of halogens is 1. The van der Waals surface area contributed by atoms with Crippen molar-refractivity contribution in [2.75, 3.05) is 5.88 Å². The van der Waals surface area contributed by atoms with E-state index in [1.807, 2.05) is 12.2 Å². The fourth-order valence-electron chi connectivity index (χ4n) is 0.968. The number of fused-ring (bicyclic) bond motifs is 1. The Morgan fingerprint density at radius 1 is 1.55 bits per heavy atom. The largest absolute Gasteiger partial charge is 0.299 e. The molecule has 0 unspecified atom stereocenters. The van der Waals surface area contributed by atoms with Gasteiger partial charge in [0.05, 0.1) is 17.3 Å². The van der Waals surface area contributed by atoms with E-state index in [4.69, 9.17) is 5.41 Å². The maximum absolute atomic E-state index is 7.44. The first-order valence-electron chi connectivity index (χ1n) is 3.03. The molecule has 0 aromatic rings. The van der Waals surface area contributed by atoms with Gasteiger partial charge in [0.15, 0.2) is 0 Å². The first-order chi connectivity index (χ1) is 4.88. The molecule has 1 aliphatic carbocycles. The summed E-state index contributed by atoms with van der Waals surface area (Å²) in [5.74, 6) is 0.783. The first kappa shape index (κ1) is 8.74. The third-order valence-corrected chi connectivity index (χ3v) is 2.34. The van der Waals surface area contributed by atoms with Crippen LogP contribution in [0.2, 0.25) is 0 Å². The minimum atomic E-state index is 0. The minimum Gasteiger partial charge on any atom is -0.299 e. The molecule has 0 atom stereocenters. The first-order valence-corrected chi connectivity index (χ1v) is 4.01. The van der Waals surface area contributed by atoms with E-state index in [2.05, 4.69) is 4.99 Å². The minimum absolute atomic E-state index is 0. The van der Waals surface area contributed by atoms with Gasteiger partial charge in [0, 0.05) is 4.91 Å². The second-order valence-corrected chi connectivity index (χ2v) is 3.07. The number of aliphatic imine (C=N–C) groups is 1. The highest BCUT2D eigenvalue weighted by Crippen LogP contribution is 2.26. The predicted molar refractivity (Wildman–Crippen MR) is 55.2 cm³/mol. The topological polar surface area (TPSA) is 36.2 Å². The van der Waals surface area contributed by atoms with Gasteiger partial charge in [-0.05, 0) is 12.2 Å². The van der Waals surface area contributed by atoms with Crippen LogP contribution in [0.5, 0.6) is 0 Å². The number of allylic oxidation sites excluding steroid dienone is 4. The van der Waals surface area contributed by atoms with Gasteiger partial charge >= 0.3 is 0 Å². The molecule has 1 heterocycles. The molecule has 0 aromatic heterocycles. The van der Waals surface area contributed by atoms with Crippen molar-refractivity contribution in [2.45, 2.75) is 0 Å². The molecule has 0 fully saturated rings. The highest BCUT2D eigenvalue weighted by atomic mass is 79.9. The highest BCUT2D eigenvalue weighted by molar-refractivity contribution is 8.93. The van der Waals surface area contributed by atoms with Gasteiger partial charge in [-0.25, -0.2) is 0 Å². The summed E-state index contributed by atoms with van der Waals surface area (Å²) in [6.07, 6.45) is 5.68. The van der Waals surface area contributed by atoms with Crippen LogP contribution >= 0.6 is 28.7 Å². The summed E-state index contributed by atoms with van der Waals surface area (Å²) in [5.41, 5.74) is 1.41. The quantitative estimate of drug-likeness (QED) is 0.637. The molecular weight excluding hydrogens is 224 g/mol. The summed E-state index contributed by atoms with van der Waals surface area (Å²) in [6, 6.07) is 0.